The molecular weight excluding hydrogens is 350 g/mol. The minimum absolute atomic E-state index is 0.0785. The predicted molar refractivity (Wildman–Crippen MR) is 102 cm³/mol. The lowest BCUT2D eigenvalue weighted by atomic mass is 10.2. The number of benzene rings is 2. The van der Waals surface area contributed by atoms with Gasteiger partial charge in [-0.1, -0.05) is 12.1 Å². The van der Waals surface area contributed by atoms with E-state index in [0.717, 1.165) is 11.8 Å². The van der Waals surface area contributed by atoms with Gasteiger partial charge in [-0.05, 0) is 35.9 Å². The third-order valence-corrected chi connectivity index (χ3v) is 3.51. The van der Waals surface area contributed by atoms with Crippen LogP contribution in [0, 0.1) is 10.1 Å². The van der Waals surface area contributed by atoms with E-state index in [1.165, 1.54) is 24.3 Å². The topological polar surface area (TPSA) is 102 Å². The van der Waals surface area contributed by atoms with Crippen LogP contribution < -0.4 is 10.2 Å². The molecule has 27 heavy (non-hydrogen) atoms. The van der Waals surface area contributed by atoms with E-state index in [0.29, 0.717) is 11.3 Å². The second-order valence-electron chi connectivity index (χ2n) is 5.78. The maximum atomic E-state index is 11.8. The zero-order valence-electron chi connectivity index (χ0n) is 14.9. The van der Waals surface area contributed by atoms with E-state index in [9.17, 15) is 19.7 Å². The summed E-state index contributed by atoms with van der Waals surface area (Å²) in [6.07, 6.45) is 2.49. The number of hydrogen-bond acceptors (Lipinski definition) is 6. The van der Waals surface area contributed by atoms with Crippen LogP contribution in [0.25, 0.3) is 6.08 Å². The Morgan fingerprint density at radius 3 is 2.52 bits per heavy atom. The molecule has 0 aliphatic heterocycles. The van der Waals surface area contributed by atoms with Gasteiger partial charge in [0.1, 0.15) is 0 Å². The number of nitro groups is 1. The van der Waals surface area contributed by atoms with Gasteiger partial charge in [0.25, 0.3) is 11.6 Å². The molecule has 140 valence electrons. The highest BCUT2D eigenvalue weighted by molar-refractivity contribution is 5.94. The van der Waals surface area contributed by atoms with E-state index >= 15 is 0 Å². The fourth-order valence-corrected chi connectivity index (χ4v) is 2.13. The van der Waals surface area contributed by atoms with E-state index in [-0.39, 0.29) is 5.69 Å². The molecule has 0 spiro atoms. The average Bonchev–Trinajstić information content (AvgIpc) is 2.65. The molecule has 0 aliphatic carbocycles. The summed E-state index contributed by atoms with van der Waals surface area (Å²) in [4.78, 5) is 35.6. The highest BCUT2D eigenvalue weighted by Crippen LogP contribution is 2.16. The first kappa shape index (κ1) is 19.6. The van der Waals surface area contributed by atoms with Crippen LogP contribution in [-0.2, 0) is 14.3 Å². The molecule has 1 amide bonds. The van der Waals surface area contributed by atoms with Crippen LogP contribution in [0.15, 0.2) is 54.6 Å². The third-order valence-electron chi connectivity index (χ3n) is 3.51. The monoisotopic (exact) mass is 369 g/mol. The van der Waals surface area contributed by atoms with Crippen LogP contribution in [0.5, 0.6) is 0 Å². The van der Waals surface area contributed by atoms with Gasteiger partial charge >= 0.3 is 5.97 Å². The summed E-state index contributed by atoms with van der Waals surface area (Å²) in [5, 5.41) is 13.3. The Morgan fingerprint density at radius 1 is 1.19 bits per heavy atom. The third kappa shape index (κ3) is 6.28. The van der Waals surface area contributed by atoms with Crippen LogP contribution in [0.2, 0.25) is 0 Å². The average molecular weight is 369 g/mol. The highest BCUT2D eigenvalue weighted by Gasteiger charge is 2.07. The Morgan fingerprint density at radius 2 is 1.89 bits per heavy atom. The molecule has 0 aromatic heterocycles. The number of carbonyl (C=O) groups is 2. The number of anilines is 2. The summed E-state index contributed by atoms with van der Waals surface area (Å²) in [6.45, 7) is -0.437. The summed E-state index contributed by atoms with van der Waals surface area (Å²) in [7, 11) is 3.82. The van der Waals surface area contributed by atoms with Crippen LogP contribution in [-0.4, -0.2) is 37.5 Å². The van der Waals surface area contributed by atoms with E-state index in [1.54, 1.807) is 18.2 Å². The molecular formula is C19H19N3O5. The molecule has 1 N–H and O–H groups in total. The normalized spacial score (nSPS) is 10.4. The van der Waals surface area contributed by atoms with Crippen molar-refractivity contribution in [2.24, 2.45) is 0 Å². The van der Waals surface area contributed by atoms with Crippen molar-refractivity contribution in [2.45, 2.75) is 0 Å². The standard InChI is InChI=1S/C19H19N3O5/c1-21(2)16-9-7-15(8-10-16)20-18(23)13-27-19(24)11-6-14-4-3-5-17(12-14)22(25)26/h3-12H,13H2,1-2H3,(H,20,23)/b11-6+. The van der Waals surface area contributed by atoms with Gasteiger partial charge in [0, 0.05) is 43.7 Å². The second-order valence-corrected chi connectivity index (χ2v) is 5.78. The maximum absolute atomic E-state index is 11.8. The van der Waals surface area contributed by atoms with Crippen molar-refractivity contribution in [2.75, 3.05) is 30.9 Å². The maximum Gasteiger partial charge on any atom is 0.331 e. The van der Waals surface area contributed by atoms with Gasteiger partial charge < -0.3 is 15.0 Å². The molecule has 8 nitrogen and oxygen atoms in total. The van der Waals surface area contributed by atoms with Crippen molar-refractivity contribution in [3.05, 3.63) is 70.3 Å². The SMILES string of the molecule is CN(C)c1ccc(NC(=O)COC(=O)/C=C/c2cccc([N+](=O)[O-])c2)cc1. The van der Waals surface area contributed by atoms with Crippen molar-refractivity contribution < 1.29 is 19.2 Å². The molecule has 0 saturated carbocycles. The molecule has 0 heterocycles. The molecule has 2 aromatic carbocycles. The van der Waals surface area contributed by atoms with E-state index in [4.69, 9.17) is 4.74 Å². The number of non-ortho nitro benzene ring substituents is 1. The van der Waals surface area contributed by atoms with Crippen molar-refractivity contribution in [3.8, 4) is 0 Å². The summed E-state index contributed by atoms with van der Waals surface area (Å²) >= 11 is 0. The lowest BCUT2D eigenvalue weighted by molar-refractivity contribution is -0.384. The van der Waals surface area contributed by atoms with E-state index < -0.39 is 23.4 Å². The van der Waals surface area contributed by atoms with Gasteiger partial charge in [0.2, 0.25) is 0 Å². The Bertz CT molecular complexity index is 860. The number of amides is 1. The molecule has 8 heteroatoms. The summed E-state index contributed by atoms with van der Waals surface area (Å²) in [5.74, 6) is -1.19. The van der Waals surface area contributed by atoms with Crippen LogP contribution >= 0.6 is 0 Å². The molecule has 0 radical (unpaired) electrons. The Hall–Kier alpha value is -3.68. The van der Waals surface area contributed by atoms with Gasteiger partial charge in [-0.2, -0.15) is 0 Å². The van der Waals surface area contributed by atoms with Crippen molar-refractivity contribution in [1.29, 1.82) is 0 Å². The Balaban J connectivity index is 1.83. The molecule has 0 bridgehead atoms. The number of ether oxygens (including phenoxy) is 1. The van der Waals surface area contributed by atoms with Gasteiger partial charge in [-0.3, -0.25) is 14.9 Å². The molecule has 0 fully saturated rings. The molecule has 0 saturated heterocycles. The first-order valence-corrected chi connectivity index (χ1v) is 8.01. The quantitative estimate of drug-likeness (QED) is 0.348. The smallest absolute Gasteiger partial charge is 0.331 e. The van der Waals surface area contributed by atoms with Crippen LogP contribution in [0.3, 0.4) is 0 Å². The first-order chi connectivity index (χ1) is 12.8. The molecule has 2 rings (SSSR count). The van der Waals surface area contributed by atoms with Crippen molar-refractivity contribution >= 4 is 35.0 Å². The van der Waals surface area contributed by atoms with Gasteiger partial charge in [-0.25, -0.2) is 4.79 Å². The van der Waals surface area contributed by atoms with Crippen molar-refractivity contribution in [3.63, 3.8) is 0 Å². The second kappa shape index (κ2) is 9.14. The largest absolute Gasteiger partial charge is 0.452 e. The fourth-order valence-electron chi connectivity index (χ4n) is 2.13. The number of nitro benzene ring substituents is 1. The zero-order chi connectivity index (χ0) is 19.8. The summed E-state index contributed by atoms with van der Waals surface area (Å²) < 4.78 is 4.86. The van der Waals surface area contributed by atoms with E-state index in [2.05, 4.69) is 5.32 Å². The number of rotatable bonds is 7. The number of nitrogens with one attached hydrogen (secondary N) is 1. The first-order valence-electron chi connectivity index (χ1n) is 8.01. The summed E-state index contributed by atoms with van der Waals surface area (Å²) in [5.41, 5.74) is 1.98. The number of carbonyl (C=O) groups excluding carboxylic acids is 2. The summed E-state index contributed by atoms with van der Waals surface area (Å²) in [6, 6.07) is 13.0. The molecule has 2 aromatic rings. The minimum Gasteiger partial charge on any atom is -0.452 e. The fraction of sp³-hybridized carbons (Fsp3) is 0.158. The number of hydrogen-bond donors (Lipinski definition) is 1. The van der Waals surface area contributed by atoms with Gasteiger partial charge in [0.05, 0.1) is 4.92 Å². The van der Waals surface area contributed by atoms with Gasteiger partial charge in [-0.15, -0.1) is 0 Å². The minimum atomic E-state index is -0.723. The Labute approximate surface area is 156 Å². The molecule has 0 aliphatic rings. The van der Waals surface area contributed by atoms with Gasteiger partial charge in [0.15, 0.2) is 6.61 Å². The molecule has 0 unspecified atom stereocenters. The number of esters is 1. The number of nitrogens with zero attached hydrogens (tertiary/aromatic N) is 2. The zero-order valence-corrected chi connectivity index (χ0v) is 14.9. The van der Waals surface area contributed by atoms with Crippen LogP contribution in [0.4, 0.5) is 17.1 Å². The highest BCUT2D eigenvalue weighted by atomic mass is 16.6. The van der Waals surface area contributed by atoms with E-state index in [1.807, 2.05) is 31.1 Å². The van der Waals surface area contributed by atoms with Crippen LogP contribution in [0.1, 0.15) is 5.56 Å². The molecule has 0 atom stereocenters. The predicted octanol–water partition coefficient (Wildman–Crippen LogP) is 2.86. The van der Waals surface area contributed by atoms with Crippen molar-refractivity contribution in [1.82, 2.24) is 0 Å². The lowest BCUT2D eigenvalue weighted by Gasteiger charge is -2.13. The lowest BCUT2D eigenvalue weighted by Crippen LogP contribution is -2.20. The Kier molecular flexibility index (Phi) is 6.65.